The zero-order valence-electron chi connectivity index (χ0n) is 38.9. The Morgan fingerprint density at radius 1 is 0.591 bits per heavy atom. The fraction of sp³-hybridized carbons (Fsp3) is 0.385. The number of aromatic nitrogens is 4. The van der Waals surface area contributed by atoms with E-state index in [-0.39, 0.29) is 36.5 Å². The highest BCUT2D eigenvalue weighted by molar-refractivity contribution is 5.85. The molecule has 346 valence electrons. The molecule has 2 aliphatic rings. The van der Waals surface area contributed by atoms with Gasteiger partial charge in [0, 0.05) is 38.4 Å². The van der Waals surface area contributed by atoms with Gasteiger partial charge in [0.05, 0.1) is 49.1 Å². The highest BCUT2D eigenvalue weighted by Gasteiger charge is 2.39. The molecule has 4 aromatic carbocycles. The molecule has 4 atom stereocenters. The van der Waals surface area contributed by atoms with E-state index in [1.807, 2.05) is 133 Å². The number of nitrogens with one attached hydrogen (secondary N) is 2. The van der Waals surface area contributed by atoms with Gasteiger partial charge >= 0.3 is 0 Å². The van der Waals surface area contributed by atoms with E-state index in [1.165, 1.54) is 0 Å². The molecule has 2 aromatic heterocycles. The summed E-state index contributed by atoms with van der Waals surface area (Å²) < 4.78 is 23.9. The minimum atomic E-state index is -0.408. The standard InChI is InChI=1S/C52H62N8O6/c1-57(2)45(37-15-9-7-10-16-37)51(61)59-27-13-19-43(59)49-53-33-41(55-49)36-23-21-35(22-24-36)39-25-26-40(48(66-32-30-64-6)47(39)65-31-29-63-5)42-34-54-50(56-42)44-20-14-28-60(44)52(62)46(58(3)4)38-17-11-8-12-18-38/h7-12,15-18,21-26,33-34,43-46H,13-14,19-20,27-32H2,1-6H3,(H,53,55)(H,54,56). The fourth-order valence-electron chi connectivity index (χ4n) is 9.41. The molecule has 2 aliphatic heterocycles. The number of H-pyrrole nitrogens is 2. The average Bonchev–Trinajstić information content (AvgIpc) is 4.18. The van der Waals surface area contributed by atoms with Crippen LogP contribution >= 0.6 is 0 Å². The molecule has 0 spiro atoms. The summed E-state index contributed by atoms with van der Waals surface area (Å²) in [6.07, 6.45) is 7.10. The third-order valence-corrected chi connectivity index (χ3v) is 12.6. The van der Waals surface area contributed by atoms with E-state index < -0.39 is 6.04 Å². The molecule has 14 heteroatoms. The third-order valence-electron chi connectivity index (χ3n) is 12.6. The molecule has 0 saturated carbocycles. The van der Waals surface area contributed by atoms with Crippen LogP contribution in [0.3, 0.4) is 0 Å². The summed E-state index contributed by atoms with van der Waals surface area (Å²) in [6.45, 7) is 2.68. The van der Waals surface area contributed by atoms with Gasteiger partial charge < -0.3 is 38.7 Å². The fourth-order valence-corrected chi connectivity index (χ4v) is 9.41. The van der Waals surface area contributed by atoms with Crippen molar-refractivity contribution < 1.29 is 28.5 Å². The number of amides is 2. The van der Waals surface area contributed by atoms with Gasteiger partial charge in [-0.05, 0) is 88.3 Å². The minimum Gasteiger partial charge on any atom is -0.487 e. The zero-order valence-corrected chi connectivity index (χ0v) is 38.9. The number of imidazole rings is 2. The number of rotatable bonds is 19. The highest BCUT2D eigenvalue weighted by Crippen LogP contribution is 2.46. The molecule has 0 radical (unpaired) electrons. The number of carbonyl (C=O) groups is 2. The lowest BCUT2D eigenvalue weighted by molar-refractivity contribution is -0.138. The molecule has 6 aromatic rings. The molecular weight excluding hydrogens is 833 g/mol. The topological polar surface area (TPSA) is 141 Å². The third kappa shape index (κ3) is 9.92. The maximum atomic E-state index is 14.2. The van der Waals surface area contributed by atoms with Crippen LogP contribution in [-0.2, 0) is 19.1 Å². The van der Waals surface area contributed by atoms with Crippen molar-refractivity contribution in [3.8, 4) is 45.1 Å². The second kappa shape index (κ2) is 21.3. The Labute approximate surface area is 387 Å². The summed E-state index contributed by atoms with van der Waals surface area (Å²) in [5, 5.41) is 0. The lowest BCUT2D eigenvalue weighted by Gasteiger charge is -2.31. The summed E-state index contributed by atoms with van der Waals surface area (Å²) in [5.41, 5.74) is 7.06. The molecule has 2 saturated heterocycles. The van der Waals surface area contributed by atoms with Crippen molar-refractivity contribution in [3.63, 3.8) is 0 Å². The Balaban J connectivity index is 1.06. The van der Waals surface area contributed by atoms with Crippen LogP contribution in [0.2, 0.25) is 0 Å². The van der Waals surface area contributed by atoms with E-state index in [9.17, 15) is 9.59 Å². The molecule has 8 rings (SSSR count). The number of benzene rings is 4. The number of carbonyl (C=O) groups excluding carboxylic acids is 2. The van der Waals surface area contributed by atoms with Crippen LogP contribution in [-0.4, -0.2) is 133 Å². The maximum Gasteiger partial charge on any atom is 0.245 e. The summed E-state index contributed by atoms with van der Waals surface area (Å²) in [4.78, 5) is 53.1. The summed E-state index contributed by atoms with van der Waals surface area (Å²) >= 11 is 0. The smallest absolute Gasteiger partial charge is 0.245 e. The number of ether oxygens (including phenoxy) is 4. The van der Waals surface area contributed by atoms with Gasteiger partial charge in [-0.2, -0.15) is 0 Å². The van der Waals surface area contributed by atoms with E-state index in [2.05, 4.69) is 34.2 Å². The van der Waals surface area contributed by atoms with E-state index in [0.717, 1.165) is 82.1 Å². The monoisotopic (exact) mass is 894 g/mol. The van der Waals surface area contributed by atoms with Gasteiger partial charge in [-0.25, -0.2) is 9.97 Å². The Morgan fingerprint density at radius 2 is 1.03 bits per heavy atom. The normalized spacial score (nSPS) is 17.2. The second-order valence-electron chi connectivity index (χ2n) is 17.4. The van der Waals surface area contributed by atoms with Gasteiger partial charge in [0.25, 0.3) is 0 Å². The molecule has 4 unspecified atom stereocenters. The minimum absolute atomic E-state index is 0.0530. The molecule has 2 fully saturated rings. The van der Waals surface area contributed by atoms with E-state index in [4.69, 9.17) is 28.9 Å². The first-order valence-corrected chi connectivity index (χ1v) is 22.8. The number of hydrogen-bond acceptors (Lipinski definition) is 10. The van der Waals surface area contributed by atoms with Crippen molar-refractivity contribution in [2.45, 2.75) is 49.9 Å². The van der Waals surface area contributed by atoms with Crippen LogP contribution < -0.4 is 9.47 Å². The number of likely N-dealkylation sites (N-methyl/N-ethyl adjacent to an activating group) is 2. The van der Waals surface area contributed by atoms with Crippen LogP contribution in [0, 0.1) is 0 Å². The number of nitrogens with zero attached hydrogens (tertiary/aromatic N) is 6. The predicted octanol–water partition coefficient (Wildman–Crippen LogP) is 8.12. The maximum absolute atomic E-state index is 14.2. The van der Waals surface area contributed by atoms with Crippen molar-refractivity contribution in [3.05, 3.63) is 132 Å². The van der Waals surface area contributed by atoms with Crippen molar-refractivity contribution in [2.24, 2.45) is 0 Å². The largest absolute Gasteiger partial charge is 0.487 e. The van der Waals surface area contributed by atoms with Gasteiger partial charge in [-0.1, -0.05) is 84.9 Å². The Morgan fingerprint density at radius 3 is 1.52 bits per heavy atom. The van der Waals surface area contributed by atoms with E-state index in [1.54, 1.807) is 14.2 Å². The van der Waals surface area contributed by atoms with Crippen molar-refractivity contribution >= 4 is 11.8 Å². The Hall–Kier alpha value is -6.32. The molecule has 2 amide bonds. The average molecular weight is 895 g/mol. The number of hydrogen-bond donors (Lipinski definition) is 2. The molecule has 0 aliphatic carbocycles. The first-order chi connectivity index (χ1) is 32.2. The molecule has 14 nitrogen and oxygen atoms in total. The van der Waals surface area contributed by atoms with Gasteiger partial charge in [-0.15, -0.1) is 0 Å². The number of aromatic amines is 2. The summed E-state index contributed by atoms with van der Waals surface area (Å²) in [6, 6.07) is 31.1. The van der Waals surface area contributed by atoms with Crippen molar-refractivity contribution in [1.29, 1.82) is 0 Å². The highest BCUT2D eigenvalue weighted by atomic mass is 16.5. The predicted molar refractivity (Wildman–Crippen MR) is 255 cm³/mol. The lowest BCUT2D eigenvalue weighted by atomic mass is 9.98. The second-order valence-corrected chi connectivity index (χ2v) is 17.4. The van der Waals surface area contributed by atoms with Crippen molar-refractivity contribution in [1.82, 2.24) is 39.5 Å². The first-order valence-electron chi connectivity index (χ1n) is 22.8. The lowest BCUT2D eigenvalue weighted by Crippen LogP contribution is -2.40. The zero-order chi connectivity index (χ0) is 46.2. The van der Waals surface area contributed by atoms with Crippen LogP contribution in [0.4, 0.5) is 0 Å². The van der Waals surface area contributed by atoms with Gasteiger partial charge in [0.15, 0.2) is 11.5 Å². The van der Waals surface area contributed by atoms with Crippen LogP contribution in [0.15, 0.2) is 109 Å². The molecule has 2 N–H and O–H groups in total. The van der Waals surface area contributed by atoms with Gasteiger partial charge in [-0.3, -0.25) is 19.4 Å². The molecular formula is C52H62N8O6. The quantitative estimate of drug-likeness (QED) is 0.0767. The van der Waals surface area contributed by atoms with Crippen LogP contribution in [0.25, 0.3) is 33.6 Å². The van der Waals surface area contributed by atoms with Gasteiger partial charge in [0.2, 0.25) is 11.8 Å². The summed E-state index contributed by atoms with van der Waals surface area (Å²) in [5.74, 6) is 2.76. The molecule has 0 bridgehead atoms. The van der Waals surface area contributed by atoms with Crippen LogP contribution in [0.5, 0.6) is 11.5 Å². The SMILES string of the molecule is COCCOc1c(-c2ccc(-c3cnc(C4CCCN4C(=O)C(c4ccccc4)N(C)C)[nH]3)cc2)ccc(-c2cnc(C3CCCN3C(=O)C(c3ccccc3)N(C)C)[nH]2)c1OCCOC. The number of methoxy groups -OCH3 is 2. The molecule has 66 heavy (non-hydrogen) atoms. The summed E-state index contributed by atoms with van der Waals surface area (Å²) in [7, 11) is 11.1. The Kier molecular flexibility index (Phi) is 14.9. The van der Waals surface area contributed by atoms with Crippen LogP contribution in [0.1, 0.15) is 72.6 Å². The van der Waals surface area contributed by atoms with Crippen molar-refractivity contribution in [2.75, 3.05) is 81.9 Å². The molecule has 4 heterocycles. The first kappa shape index (κ1) is 46.2. The van der Waals surface area contributed by atoms with E-state index >= 15 is 0 Å². The Bertz CT molecular complexity index is 2530. The van der Waals surface area contributed by atoms with E-state index in [0.29, 0.717) is 44.4 Å². The number of likely N-dealkylation sites (tertiary alicyclic amines) is 2. The van der Waals surface area contributed by atoms with Gasteiger partial charge in [0.1, 0.15) is 36.9 Å².